The maximum Gasteiger partial charge on any atom is 0.0522 e. The first-order valence-corrected chi connectivity index (χ1v) is 6.74. The highest BCUT2D eigenvalue weighted by Gasteiger charge is 2.10. The largest absolute Gasteiger partial charge is 0.273 e. The van der Waals surface area contributed by atoms with Gasteiger partial charge in [-0.15, -0.1) is 0 Å². The second kappa shape index (κ2) is 5.95. The molecular weight excluding hydrogens is 232 g/mol. The van der Waals surface area contributed by atoms with Gasteiger partial charge in [-0.25, -0.2) is 0 Å². The van der Waals surface area contributed by atoms with Gasteiger partial charge in [-0.05, 0) is 47.7 Å². The Morgan fingerprint density at radius 2 is 2.29 bits per heavy atom. The number of aromatic nitrogens is 2. The van der Waals surface area contributed by atoms with Crippen molar-refractivity contribution in [3.63, 3.8) is 0 Å². The molecule has 2 aromatic heterocycles. The maximum absolute atomic E-state index is 5.60. The van der Waals surface area contributed by atoms with Gasteiger partial charge in [-0.2, -0.15) is 16.4 Å². The average Bonchev–Trinajstić information content (AvgIpc) is 2.99. The summed E-state index contributed by atoms with van der Waals surface area (Å²) in [6.07, 6.45) is 5.86. The molecule has 0 fully saturated rings. The molecule has 0 bridgehead atoms. The summed E-state index contributed by atoms with van der Waals surface area (Å²) < 4.78 is 1.94. The molecule has 1 unspecified atom stereocenters. The quantitative estimate of drug-likeness (QED) is 0.604. The summed E-state index contributed by atoms with van der Waals surface area (Å²) in [5.41, 5.74) is 5.44. The van der Waals surface area contributed by atoms with Crippen LogP contribution in [0, 0.1) is 0 Å². The van der Waals surface area contributed by atoms with Crippen LogP contribution in [-0.4, -0.2) is 15.8 Å². The van der Waals surface area contributed by atoms with Crippen LogP contribution in [0.3, 0.4) is 0 Å². The molecule has 0 aliphatic carbocycles. The molecule has 0 radical (unpaired) electrons. The Kier molecular flexibility index (Phi) is 4.30. The third-order valence-corrected chi connectivity index (χ3v) is 3.52. The lowest BCUT2D eigenvalue weighted by atomic mass is 10.0. The molecule has 0 aliphatic heterocycles. The molecule has 5 heteroatoms. The normalized spacial score (nSPS) is 12.8. The Morgan fingerprint density at radius 1 is 1.47 bits per heavy atom. The third kappa shape index (κ3) is 3.39. The van der Waals surface area contributed by atoms with Crippen molar-refractivity contribution in [3.05, 3.63) is 40.3 Å². The fourth-order valence-electron chi connectivity index (χ4n) is 1.85. The number of thiophene rings is 1. The van der Waals surface area contributed by atoms with E-state index in [9.17, 15) is 0 Å². The van der Waals surface area contributed by atoms with Crippen molar-refractivity contribution < 1.29 is 0 Å². The van der Waals surface area contributed by atoms with E-state index >= 15 is 0 Å². The van der Waals surface area contributed by atoms with Gasteiger partial charge in [0, 0.05) is 18.8 Å². The van der Waals surface area contributed by atoms with Crippen LogP contribution in [0.25, 0.3) is 0 Å². The summed E-state index contributed by atoms with van der Waals surface area (Å²) in [6.45, 7) is 2.99. The van der Waals surface area contributed by atoms with Crippen molar-refractivity contribution in [1.82, 2.24) is 15.2 Å². The Balaban J connectivity index is 1.95. The van der Waals surface area contributed by atoms with E-state index < -0.39 is 0 Å². The summed E-state index contributed by atoms with van der Waals surface area (Å²) in [4.78, 5) is 0. The van der Waals surface area contributed by atoms with Crippen LogP contribution >= 0.6 is 11.3 Å². The topological polar surface area (TPSA) is 55.9 Å². The first-order valence-electron chi connectivity index (χ1n) is 5.80. The van der Waals surface area contributed by atoms with Gasteiger partial charge < -0.3 is 0 Å². The smallest absolute Gasteiger partial charge is 0.0522 e. The van der Waals surface area contributed by atoms with E-state index in [0.717, 1.165) is 19.4 Å². The Labute approximate surface area is 105 Å². The van der Waals surface area contributed by atoms with Gasteiger partial charge in [-0.1, -0.05) is 0 Å². The molecule has 0 amide bonds. The summed E-state index contributed by atoms with van der Waals surface area (Å²) in [6, 6.07) is 2.41. The first kappa shape index (κ1) is 12.3. The molecule has 0 saturated heterocycles. The van der Waals surface area contributed by atoms with Crippen molar-refractivity contribution in [2.24, 2.45) is 5.84 Å². The molecular formula is C12H18N4S. The van der Waals surface area contributed by atoms with Crippen LogP contribution in [-0.2, 0) is 19.4 Å². The molecule has 4 nitrogen and oxygen atoms in total. The lowest BCUT2D eigenvalue weighted by Gasteiger charge is -2.13. The Hall–Kier alpha value is -1.17. The van der Waals surface area contributed by atoms with Gasteiger partial charge in [0.2, 0.25) is 0 Å². The Bertz CT molecular complexity index is 435. The molecule has 2 rings (SSSR count). The number of nitrogens with two attached hydrogens (primary N) is 1. The minimum atomic E-state index is 0.263. The fraction of sp³-hybridized carbons (Fsp3) is 0.417. The van der Waals surface area contributed by atoms with E-state index in [-0.39, 0.29) is 6.04 Å². The maximum atomic E-state index is 5.60. The lowest BCUT2D eigenvalue weighted by molar-refractivity contribution is 0.522. The number of rotatable bonds is 6. The predicted molar refractivity (Wildman–Crippen MR) is 70.7 cm³/mol. The minimum Gasteiger partial charge on any atom is -0.273 e. The monoisotopic (exact) mass is 250 g/mol. The molecule has 92 valence electrons. The summed E-state index contributed by atoms with van der Waals surface area (Å²) in [5, 5.41) is 8.53. The van der Waals surface area contributed by atoms with Gasteiger partial charge >= 0.3 is 0 Å². The summed E-state index contributed by atoms with van der Waals surface area (Å²) in [7, 11) is 0. The SMILES string of the molecule is CCn1cc(CC(Cc2ccsc2)NN)cn1. The molecule has 1 atom stereocenters. The Morgan fingerprint density at radius 3 is 2.88 bits per heavy atom. The van der Waals surface area contributed by atoms with E-state index in [1.807, 2.05) is 10.9 Å². The first-order chi connectivity index (χ1) is 8.31. The van der Waals surface area contributed by atoms with Crippen LogP contribution in [0.4, 0.5) is 0 Å². The molecule has 2 heterocycles. The van der Waals surface area contributed by atoms with Crippen molar-refractivity contribution in [2.45, 2.75) is 32.4 Å². The molecule has 17 heavy (non-hydrogen) atoms. The fourth-order valence-corrected chi connectivity index (χ4v) is 2.53. The van der Waals surface area contributed by atoms with E-state index in [2.05, 4.69) is 40.5 Å². The zero-order chi connectivity index (χ0) is 12.1. The highest BCUT2D eigenvalue weighted by atomic mass is 32.1. The number of aryl methyl sites for hydroxylation is 1. The third-order valence-electron chi connectivity index (χ3n) is 2.79. The zero-order valence-corrected chi connectivity index (χ0v) is 10.8. The molecule has 3 N–H and O–H groups in total. The van der Waals surface area contributed by atoms with Crippen LogP contribution < -0.4 is 11.3 Å². The minimum absolute atomic E-state index is 0.263. The number of nitrogens with one attached hydrogen (secondary N) is 1. The van der Waals surface area contributed by atoms with E-state index in [1.165, 1.54) is 11.1 Å². The van der Waals surface area contributed by atoms with Gasteiger partial charge in [0.05, 0.1) is 6.20 Å². The second-order valence-electron chi connectivity index (χ2n) is 4.11. The molecule has 0 aromatic carbocycles. The van der Waals surface area contributed by atoms with Crippen LogP contribution in [0.5, 0.6) is 0 Å². The number of nitrogens with zero attached hydrogens (tertiary/aromatic N) is 2. The van der Waals surface area contributed by atoms with Gasteiger partial charge in [0.1, 0.15) is 0 Å². The number of hydrazine groups is 1. The van der Waals surface area contributed by atoms with Crippen LogP contribution in [0.15, 0.2) is 29.2 Å². The van der Waals surface area contributed by atoms with Crippen molar-refractivity contribution in [1.29, 1.82) is 0 Å². The molecule has 0 aliphatic rings. The van der Waals surface area contributed by atoms with Gasteiger partial charge in [0.25, 0.3) is 0 Å². The van der Waals surface area contributed by atoms with E-state index in [1.54, 1.807) is 11.3 Å². The molecule has 0 spiro atoms. The van der Waals surface area contributed by atoms with Crippen molar-refractivity contribution in [3.8, 4) is 0 Å². The highest BCUT2D eigenvalue weighted by molar-refractivity contribution is 7.07. The standard InChI is InChI=1S/C12H18N4S/c1-2-16-8-11(7-14-16)6-12(15-13)5-10-3-4-17-9-10/h3-4,7-9,12,15H,2,5-6,13H2,1H3. The van der Waals surface area contributed by atoms with Crippen molar-refractivity contribution in [2.75, 3.05) is 0 Å². The van der Waals surface area contributed by atoms with Crippen molar-refractivity contribution >= 4 is 11.3 Å². The second-order valence-corrected chi connectivity index (χ2v) is 4.89. The van der Waals surface area contributed by atoms with Gasteiger partial charge in [0.15, 0.2) is 0 Å². The van der Waals surface area contributed by atoms with Crippen LogP contribution in [0.2, 0.25) is 0 Å². The van der Waals surface area contributed by atoms with E-state index in [4.69, 9.17) is 5.84 Å². The lowest BCUT2D eigenvalue weighted by Crippen LogP contribution is -2.38. The molecule has 2 aromatic rings. The number of hydrogen-bond acceptors (Lipinski definition) is 4. The summed E-state index contributed by atoms with van der Waals surface area (Å²) >= 11 is 1.72. The zero-order valence-electron chi connectivity index (χ0n) is 9.97. The van der Waals surface area contributed by atoms with Gasteiger partial charge in [-0.3, -0.25) is 16.0 Å². The van der Waals surface area contributed by atoms with E-state index in [0.29, 0.717) is 0 Å². The predicted octanol–water partition coefficient (Wildman–Crippen LogP) is 1.58. The molecule has 0 saturated carbocycles. The highest BCUT2D eigenvalue weighted by Crippen LogP contribution is 2.11. The van der Waals surface area contributed by atoms with Crippen LogP contribution in [0.1, 0.15) is 18.1 Å². The summed E-state index contributed by atoms with van der Waals surface area (Å²) in [5.74, 6) is 5.60. The average molecular weight is 250 g/mol. The number of hydrogen-bond donors (Lipinski definition) is 2.